The predicted octanol–water partition coefficient (Wildman–Crippen LogP) is 0.712. The molecule has 0 radical (unpaired) electrons. The molecule has 8 nitrogen and oxygen atoms in total. The van der Waals surface area contributed by atoms with Crippen LogP contribution in [-0.4, -0.2) is 41.9 Å². The van der Waals surface area contributed by atoms with Gasteiger partial charge in [-0.25, -0.2) is 8.42 Å². The van der Waals surface area contributed by atoms with E-state index in [4.69, 9.17) is 10.8 Å². The number of anilines is 1. The van der Waals surface area contributed by atoms with Crippen molar-refractivity contribution in [2.75, 3.05) is 18.9 Å². The van der Waals surface area contributed by atoms with Crippen molar-refractivity contribution in [3.8, 4) is 0 Å². The molecule has 0 aromatic heterocycles. The first-order valence-corrected chi connectivity index (χ1v) is 7.98. The van der Waals surface area contributed by atoms with Crippen molar-refractivity contribution in [3.63, 3.8) is 0 Å². The summed E-state index contributed by atoms with van der Waals surface area (Å²) in [5, 5.41) is 19.8. The normalized spacial score (nSPS) is 15.9. The second-order valence-electron chi connectivity index (χ2n) is 4.90. The van der Waals surface area contributed by atoms with Crippen molar-refractivity contribution in [1.82, 2.24) is 4.31 Å². The first kappa shape index (κ1) is 15.7. The zero-order valence-electron chi connectivity index (χ0n) is 11.3. The van der Waals surface area contributed by atoms with Crippen LogP contribution < -0.4 is 5.73 Å². The Bertz CT molecular complexity index is 642. The van der Waals surface area contributed by atoms with Gasteiger partial charge in [0, 0.05) is 18.7 Å². The van der Waals surface area contributed by atoms with E-state index in [1.165, 1.54) is 10.4 Å². The maximum absolute atomic E-state index is 12.6. The summed E-state index contributed by atoms with van der Waals surface area (Å²) in [7, 11) is -3.82. The van der Waals surface area contributed by atoms with Crippen molar-refractivity contribution in [2.24, 2.45) is 0 Å². The summed E-state index contributed by atoms with van der Waals surface area (Å²) < 4.78 is 26.4. The van der Waals surface area contributed by atoms with Gasteiger partial charge < -0.3 is 10.8 Å². The molecule has 0 amide bonds. The summed E-state index contributed by atoms with van der Waals surface area (Å²) in [5.74, 6) is 0. The number of nitrogen functional groups attached to an aromatic ring is 1. The topological polar surface area (TPSA) is 127 Å². The van der Waals surface area contributed by atoms with E-state index in [1.807, 2.05) is 0 Å². The highest BCUT2D eigenvalue weighted by atomic mass is 32.2. The van der Waals surface area contributed by atoms with E-state index in [9.17, 15) is 18.5 Å². The number of nitro groups is 1. The van der Waals surface area contributed by atoms with Crippen LogP contribution in [0.1, 0.15) is 19.3 Å². The number of hydrogen-bond donors (Lipinski definition) is 2. The Morgan fingerprint density at radius 1 is 1.43 bits per heavy atom. The van der Waals surface area contributed by atoms with Crippen LogP contribution in [0.2, 0.25) is 0 Å². The number of rotatable bonds is 6. The van der Waals surface area contributed by atoms with Crippen molar-refractivity contribution >= 4 is 21.4 Å². The van der Waals surface area contributed by atoms with Gasteiger partial charge in [-0.05, 0) is 25.0 Å². The van der Waals surface area contributed by atoms with Crippen molar-refractivity contribution in [1.29, 1.82) is 0 Å². The minimum Gasteiger partial charge on any atom is -0.395 e. The lowest BCUT2D eigenvalue weighted by molar-refractivity contribution is -0.383. The number of nitro benzene ring substituents is 1. The van der Waals surface area contributed by atoms with Crippen LogP contribution >= 0.6 is 0 Å². The Morgan fingerprint density at radius 3 is 2.52 bits per heavy atom. The number of aliphatic hydroxyl groups is 1. The van der Waals surface area contributed by atoms with Crippen LogP contribution in [-0.2, 0) is 10.0 Å². The molecule has 3 N–H and O–H groups in total. The average molecular weight is 315 g/mol. The maximum Gasteiger partial charge on any atom is 0.292 e. The molecule has 1 saturated carbocycles. The first-order valence-electron chi connectivity index (χ1n) is 6.54. The number of sulfonamides is 1. The minimum atomic E-state index is -3.82. The summed E-state index contributed by atoms with van der Waals surface area (Å²) in [4.78, 5) is 9.96. The lowest BCUT2D eigenvalue weighted by Crippen LogP contribution is -2.45. The Balaban J connectivity index is 2.37. The quantitative estimate of drug-likeness (QED) is 0.452. The summed E-state index contributed by atoms with van der Waals surface area (Å²) in [6, 6.07) is 3.22. The number of benzene rings is 1. The number of hydrogen-bond acceptors (Lipinski definition) is 6. The van der Waals surface area contributed by atoms with Crippen LogP contribution in [0.3, 0.4) is 0 Å². The molecule has 0 atom stereocenters. The zero-order valence-corrected chi connectivity index (χ0v) is 12.1. The van der Waals surface area contributed by atoms with E-state index in [-0.39, 0.29) is 35.5 Å². The van der Waals surface area contributed by atoms with Crippen LogP contribution in [0.15, 0.2) is 23.1 Å². The number of nitrogens with zero attached hydrogens (tertiary/aromatic N) is 2. The lowest BCUT2D eigenvalue weighted by Gasteiger charge is -2.36. The van der Waals surface area contributed by atoms with Gasteiger partial charge in [0.05, 0.1) is 16.4 Å². The molecule has 2 rings (SSSR count). The van der Waals surface area contributed by atoms with E-state index < -0.39 is 14.9 Å². The third-order valence-electron chi connectivity index (χ3n) is 3.60. The van der Waals surface area contributed by atoms with E-state index >= 15 is 0 Å². The van der Waals surface area contributed by atoms with Gasteiger partial charge in [-0.2, -0.15) is 4.31 Å². The van der Waals surface area contributed by atoms with Gasteiger partial charge in [0.2, 0.25) is 10.0 Å². The molecular formula is C12H17N3O5S. The Kier molecular flexibility index (Phi) is 4.45. The molecule has 0 bridgehead atoms. The minimum absolute atomic E-state index is 0.00386. The number of aliphatic hydroxyl groups excluding tert-OH is 1. The number of nitrogens with two attached hydrogens (primary N) is 1. The van der Waals surface area contributed by atoms with Crippen molar-refractivity contribution in [3.05, 3.63) is 28.3 Å². The SMILES string of the molecule is Nc1cc(S(=O)(=O)N(CCO)C2CCC2)ccc1[N+](=O)[O-]. The second-order valence-corrected chi connectivity index (χ2v) is 6.79. The standard InChI is InChI=1S/C12H17N3O5S/c13-11-8-10(4-5-12(11)15(17)18)21(19,20)14(6-7-16)9-2-1-3-9/h4-5,8-9,16H,1-3,6-7,13H2. The van der Waals surface area contributed by atoms with Crippen LogP contribution in [0.5, 0.6) is 0 Å². The van der Waals surface area contributed by atoms with E-state index in [1.54, 1.807) is 0 Å². The molecule has 1 aromatic carbocycles. The lowest BCUT2D eigenvalue weighted by atomic mass is 9.93. The fourth-order valence-corrected chi connectivity index (χ4v) is 3.98. The Hall–Kier alpha value is -1.71. The van der Waals surface area contributed by atoms with Gasteiger partial charge in [-0.1, -0.05) is 6.42 Å². The highest BCUT2D eigenvalue weighted by Crippen LogP contribution is 2.31. The molecule has 1 fully saturated rings. The molecule has 1 aliphatic rings. The molecule has 0 spiro atoms. The van der Waals surface area contributed by atoms with E-state index in [2.05, 4.69) is 0 Å². The predicted molar refractivity (Wildman–Crippen MR) is 76.1 cm³/mol. The van der Waals surface area contributed by atoms with E-state index in [0.29, 0.717) is 0 Å². The van der Waals surface area contributed by atoms with Crippen LogP contribution in [0.4, 0.5) is 11.4 Å². The fourth-order valence-electron chi connectivity index (χ4n) is 2.27. The summed E-state index contributed by atoms with van der Waals surface area (Å²) in [6.45, 7) is -0.276. The monoisotopic (exact) mass is 315 g/mol. The molecule has 1 aromatic rings. The third-order valence-corrected chi connectivity index (χ3v) is 5.55. The molecule has 0 heterocycles. The van der Waals surface area contributed by atoms with Crippen LogP contribution in [0, 0.1) is 10.1 Å². The molecule has 0 aliphatic heterocycles. The first-order chi connectivity index (χ1) is 9.87. The van der Waals surface area contributed by atoms with Crippen molar-refractivity contribution < 1.29 is 18.4 Å². The maximum atomic E-state index is 12.6. The molecule has 9 heteroatoms. The third kappa shape index (κ3) is 2.99. The van der Waals surface area contributed by atoms with Gasteiger partial charge in [0.15, 0.2) is 0 Å². The molecule has 0 unspecified atom stereocenters. The molecule has 1 aliphatic carbocycles. The van der Waals surface area contributed by atoms with Gasteiger partial charge >= 0.3 is 0 Å². The second kappa shape index (κ2) is 5.96. The summed E-state index contributed by atoms with van der Waals surface area (Å²) >= 11 is 0. The van der Waals surface area contributed by atoms with E-state index in [0.717, 1.165) is 31.4 Å². The summed E-state index contributed by atoms with van der Waals surface area (Å²) in [6.07, 6.45) is 2.45. The van der Waals surface area contributed by atoms with Gasteiger partial charge in [0.25, 0.3) is 5.69 Å². The van der Waals surface area contributed by atoms with Crippen molar-refractivity contribution in [2.45, 2.75) is 30.2 Å². The van der Waals surface area contributed by atoms with Gasteiger partial charge in [-0.15, -0.1) is 0 Å². The highest BCUT2D eigenvalue weighted by molar-refractivity contribution is 7.89. The smallest absolute Gasteiger partial charge is 0.292 e. The Labute approximate surface area is 122 Å². The molecule has 0 saturated heterocycles. The van der Waals surface area contributed by atoms with Crippen LogP contribution in [0.25, 0.3) is 0 Å². The fraction of sp³-hybridized carbons (Fsp3) is 0.500. The summed E-state index contributed by atoms with van der Waals surface area (Å²) in [5.41, 5.74) is 5.02. The molecule has 21 heavy (non-hydrogen) atoms. The van der Waals surface area contributed by atoms with Gasteiger partial charge in [0.1, 0.15) is 5.69 Å². The zero-order chi connectivity index (χ0) is 15.6. The largest absolute Gasteiger partial charge is 0.395 e. The molecular weight excluding hydrogens is 298 g/mol. The van der Waals surface area contributed by atoms with Gasteiger partial charge in [-0.3, -0.25) is 10.1 Å². The highest BCUT2D eigenvalue weighted by Gasteiger charge is 2.35. The Morgan fingerprint density at radius 2 is 2.10 bits per heavy atom. The molecule has 116 valence electrons. The average Bonchev–Trinajstić information content (AvgIpc) is 2.35.